The van der Waals surface area contributed by atoms with Crippen molar-refractivity contribution in [2.24, 2.45) is 0 Å². The van der Waals surface area contributed by atoms with Crippen LogP contribution in [0.3, 0.4) is 0 Å². The second-order valence-electron chi connectivity index (χ2n) is 6.01. The SMILES string of the molecule is CC(NC(=O)CN1CCN(c2ccccc2F)C1=O)c1ccccc1. The quantitative estimate of drug-likeness (QED) is 0.909. The number of urea groups is 1. The first-order valence-electron chi connectivity index (χ1n) is 8.21. The summed E-state index contributed by atoms with van der Waals surface area (Å²) in [6.07, 6.45) is 0. The van der Waals surface area contributed by atoms with Crippen LogP contribution in [0.1, 0.15) is 18.5 Å². The Kier molecular flexibility index (Phi) is 4.97. The molecule has 0 spiro atoms. The van der Waals surface area contributed by atoms with Crippen molar-refractivity contribution in [2.75, 3.05) is 24.5 Å². The molecule has 0 aromatic heterocycles. The maximum atomic E-state index is 13.9. The van der Waals surface area contributed by atoms with Crippen LogP contribution in [0.4, 0.5) is 14.9 Å². The Labute approximate surface area is 146 Å². The van der Waals surface area contributed by atoms with Gasteiger partial charge in [0.05, 0.1) is 11.7 Å². The Bertz CT molecular complexity index is 766. The molecule has 0 bridgehead atoms. The molecule has 130 valence electrons. The van der Waals surface area contributed by atoms with Crippen molar-refractivity contribution in [3.05, 3.63) is 66.0 Å². The molecule has 2 aromatic rings. The fourth-order valence-electron chi connectivity index (χ4n) is 2.91. The number of carbonyl (C=O) groups is 2. The number of amides is 3. The van der Waals surface area contributed by atoms with Gasteiger partial charge in [-0.25, -0.2) is 9.18 Å². The number of rotatable bonds is 5. The Morgan fingerprint density at radius 2 is 1.80 bits per heavy atom. The molecule has 1 aliphatic heterocycles. The largest absolute Gasteiger partial charge is 0.348 e. The minimum Gasteiger partial charge on any atom is -0.348 e. The minimum atomic E-state index is -0.445. The third-order valence-electron chi connectivity index (χ3n) is 4.25. The second kappa shape index (κ2) is 7.34. The highest BCUT2D eigenvalue weighted by Gasteiger charge is 2.32. The van der Waals surface area contributed by atoms with Crippen molar-refractivity contribution < 1.29 is 14.0 Å². The van der Waals surface area contributed by atoms with Gasteiger partial charge in [-0.05, 0) is 24.6 Å². The summed E-state index contributed by atoms with van der Waals surface area (Å²) in [7, 11) is 0. The number of halogens is 1. The van der Waals surface area contributed by atoms with E-state index in [1.165, 1.54) is 15.9 Å². The van der Waals surface area contributed by atoms with Gasteiger partial charge in [-0.15, -0.1) is 0 Å². The number of hydrogen-bond donors (Lipinski definition) is 1. The van der Waals surface area contributed by atoms with Gasteiger partial charge < -0.3 is 10.2 Å². The number of carbonyl (C=O) groups excluding carboxylic acids is 2. The van der Waals surface area contributed by atoms with E-state index in [1.807, 2.05) is 37.3 Å². The third kappa shape index (κ3) is 3.79. The highest BCUT2D eigenvalue weighted by molar-refractivity contribution is 5.96. The second-order valence-corrected chi connectivity index (χ2v) is 6.01. The van der Waals surface area contributed by atoms with Crippen molar-refractivity contribution in [2.45, 2.75) is 13.0 Å². The van der Waals surface area contributed by atoms with E-state index >= 15 is 0 Å². The lowest BCUT2D eigenvalue weighted by Crippen LogP contribution is -2.40. The van der Waals surface area contributed by atoms with Crippen LogP contribution in [0.2, 0.25) is 0 Å². The van der Waals surface area contributed by atoms with Crippen molar-refractivity contribution in [3.8, 4) is 0 Å². The predicted octanol–water partition coefficient (Wildman–Crippen LogP) is 2.95. The van der Waals surface area contributed by atoms with Gasteiger partial charge in [0.15, 0.2) is 0 Å². The lowest BCUT2D eigenvalue weighted by atomic mass is 10.1. The first-order chi connectivity index (χ1) is 12.1. The zero-order valence-electron chi connectivity index (χ0n) is 14.0. The van der Waals surface area contributed by atoms with E-state index in [9.17, 15) is 14.0 Å². The van der Waals surface area contributed by atoms with Crippen molar-refractivity contribution in [1.29, 1.82) is 0 Å². The molecule has 1 unspecified atom stereocenters. The molecule has 1 fully saturated rings. The lowest BCUT2D eigenvalue weighted by Gasteiger charge is -2.20. The fraction of sp³-hybridized carbons (Fsp3) is 0.263. The van der Waals surface area contributed by atoms with Crippen LogP contribution in [0.5, 0.6) is 0 Å². The molecule has 1 atom stereocenters. The van der Waals surface area contributed by atoms with E-state index in [1.54, 1.807) is 18.2 Å². The molecule has 2 aromatic carbocycles. The summed E-state index contributed by atoms with van der Waals surface area (Å²) in [6.45, 7) is 2.60. The van der Waals surface area contributed by atoms with Gasteiger partial charge in [0.2, 0.25) is 5.91 Å². The van der Waals surface area contributed by atoms with Gasteiger partial charge in [0, 0.05) is 13.1 Å². The molecular weight excluding hydrogens is 321 g/mol. The van der Waals surface area contributed by atoms with Crippen LogP contribution in [-0.4, -0.2) is 36.5 Å². The number of benzene rings is 2. The monoisotopic (exact) mass is 341 g/mol. The summed E-state index contributed by atoms with van der Waals surface area (Å²) in [5.74, 6) is -0.681. The lowest BCUT2D eigenvalue weighted by molar-refractivity contribution is -0.122. The number of nitrogens with zero attached hydrogens (tertiary/aromatic N) is 2. The molecule has 0 aliphatic carbocycles. The Morgan fingerprint density at radius 3 is 2.52 bits per heavy atom. The number of para-hydroxylation sites is 1. The van der Waals surface area contributed by atoms with Crippen LogP contribution < -0.4 is 10.2 Å². The zero-order valence-corrected chi connectivity index (χ0v) is 14.0. The van der Waals surface area contributed by atoms with Gasteiger partial charge >= 0.3 is 6.03 Å². The summed E-state index contributed by atoms with van der Waals surface area (Å²) < 4.78 is 13.9. The Morgan fingerprint density at radius 1 is 1.12 bits per heavy atom. The molecule has 3 rings (SSSR count). The van der Waals surface area contributed by atoms with Crippen LogP contribution >= 0.6 is 0 Å². The molecule has 1 N–H and O–H groups in total. The zero-order chi connectivity index (χ0) is 17.8. The molecule has 6 heteroatoms. The molecule has 1 aliphatic rings. The van der Waals surface area contributed by atoms with Gasteiger partial charge in [-0.3, -0.25) is 9.69 Å². The number of hydrogen-bond acceptors (Lipinski definition) is 2. The first-order valence-corrected chi connectivity index (χ1v) is 8.21. The maximum Gasteiger partial charge on any atom is 0.325 e. The summed E-state index contributed by atoms with van der Waals surface area (Å²) in [6, 6.07) is 15.3. The van der Waals surface area contributed by atoms with Crippen LogP contribution in [0.25, 0.3) is 0 Å². The first kappa shape index (κ1) is 17.0. The Hall–Kier alpha value is -2.89. The van der Waals surface area contributed by atoms with Gasteiger partial charge in [-0.1, -0.05) is 42.5 Å². The van der Waals surface area contributed by atoms with Crippen LogP contribution in [-0.2, 0) is 4.79 Å². The van der Waals surface area contributed by atoms with Gasteiger partial charge in [0.1, 0.15) is 12.4 Å². The third-order valence-corrected chi connectivity index (χ3v) is 4.25. The maximum absolute atomic E-state index is 13.9. The van der Waals surface area contributed by atoms with E-state index in [-0.39, 0.29) is 30.2 Å². The van der Waals surface area contributed by atoms with E-state index < -0.39 is 5.82 Å². The summed E-state index contributed by atoms with van der Waals surface area (Å²) >= 11 is 0. The van der Waals surface area contributed by atoms with Gasteiger partial charge in [0.25, 0.3) is 0 Å². The predicted molar refractivity (Wildman–Crippen MR) is 93.7 cm³/mol. The van der Waals surface area contributed by atoms with E-state index in [4.69, 9.17) is 0 Å². The highest BCUT2D eigenvalue weighted by atomic mass is 19.1. The average Bonchev–Trinajstić information content (AvgIpc) is 2.96. The normalized spacial score (nSPS) is 15.4. The summed E-state index contributed by atoms with van der Waals surface area (Å²) in [4.78, 5) is 27.5. The average molecular weight is 341 g/mol. The standard InChI is InChI=1S/C19H20FN3O2/c1-14(15-7-3-2-4-8-15)21-18(24)13-22-11-12-23(19(22)25)17-10-6-5-9-16(17)20/h2-10,14H,11-13H2,1H3,(H,21,24). The molecular formula is C19H20FN3O2. The molecule has 1 heterocycles. The fourth-order valence-corrected chi connectivity index (χ4v) is 2.91. The molecule has 3 amide bonds. The van der Waals surface area contributed by atoms with Crippen LogP contribution in [0.15, 0.2) is 54.6 Å². The summed E-state index contributed by atoms with van der Waals surface area (Å²) in [5, 5.41) is 2.88. The van der Waals surface area contributed by atoms with Crippen molar-refractivity contribution in [3.63, 3.8) is 0 Å². The van der Waals surface area contributed by atoms with Crippen LogP contribution in [0, 0.1) is 5.82 Å². The van der Waals surface area contributed by atoms with Crippen molar-refractivity contribution in [1.82, 2.24) is 10.2 Å². The topological polar surface area (TPSA) is 52.7 Å². The minimum absolute atomic E-state index is 0.0407. The Balaban J connectivity index is 1.59. The molecule has 25 heavy (non-hydrogen) atoms. The molecule has 1 saturated heterocycles. The highest BCUT2D eigenvalue weighted by Crippen LogP contribution is 2.23. The van der Waals surface area contributed by atoms with E-state index in [0.717, 1.165) is 5.56 Å². The van der Waals surface area contributed by atoms with E-state index in [0.29, 0.717) is 13.1 Å². The van der Waals surface area contributed by atoms with E-state index in [2.05, 4.69) is 5.32 Å². The van der Waals surface area contributed by atoms with Crippen molar-refractivity contribution >= 4 is 17.6 Å². The molecule has 0 saturated carbocycles. The molecule has 0 radical (unpaired) electrons. The molecule has 5 nitrogen and oxygen atoms in total. The number of nitrogens with one attached hydrogen (secondary N) is 1. The number of anilines is 1. The smallest absolute Gasteiger partial charge is 0.325 e. The van der Waals surface area contributed by atoms with Gasteiger partial charge in [-0.2, -0.15) is 0 Å². The summed E-state index contributed by atoms with van der Waals surface area (Å²) in [5.41, 5.74) is 1.24.